The first-order chi connectivity index (χ1) is 11.6. The van der Waals surface area contributed by atoms with E-state index in [4.69, 9.17) is 4.42 Å². The van der Waals surface area contributed by atoms with Crippen LogP contribution in [0.15, 0.2) is 34.1 Å². The number of rotatable bonds is 6. The quantitative estimate of drug-likeness (QED) is 0.718. The molecule has 0 bridgehead atoms. The Morgan fingerprint density at radius 2 is 2.29 bits per heavy atom. The van der Waals surface area contributed by atoms with Gasteiger partial charge >= 0.3 is 0 Å². The molecule has 6 nitrogen and oxygen atoms in total. The second-order valence-electron chi connectivity index (χ2n) is 5.36. The van der Waals surface area contributed by atoms with Crippen LogP contribution in [0, 0.1) is 6.92 Å². The van der Waals surface area contributed by atoms with Gasteiger partial charge in [0.1, 0.15) is 17.3 Å². The minimum absolute atomic E-state index is 0.0612. The molecule has 0 aliphatic carbocycles. The summed E-state index contributed by atoms with van der Waals surface area (Å²) in [6, 6.07) is 7.45. The van der Waals surface area contributed by atoms with Crippen LogP contribution in [0.25, 0.3) is 10.6 Å². The van der Waals surface area contributed by atoms with Crippen LogP contribution >= 0.6 is 11.3 Å². The van der Waals surface area contributed by atoms with Crippen molar-refractivity contribution in [2.75, 3.05) is 11.9 Å². The van der Waals surface area contributed by atoms with Gasteiger partial charge in [-0.3, -0.25) is 4.79 Å². The molecule has 3 heterocycles. The summed E-state index contributed by atoms with van der Waals surface area (Å²) in [6.07, 6.45) is 0.740. The highest BCUT2D eigenvalue weighted by Gasteiger charge is 2.17. The maximum atomic E-state index is 12.4. The van der Waals surface area contributed by atoms with Gasteiger partial charge in [0.2, 0.25) is 0 Å². The lowest BCUT2D eigenvalue weighted by Gasteiger charge is -2.06. The van der Waals surface area contributed by atoms with Crippen molar-refractivity contribution in [3.63, 3.8) is 0 Å². The monoisotopic (exact) mass is 345 g/mol. The number of aliphatic hydroxyl groups excluding tert-OH is 1. The normalized spacial score (nSPS) is 11.0. The van der Waals surface area contributed by atoms with Crippen LogP contribution in [0.4, 0.5) is 5.82 Å². The number of hydrogen-bond acceptors (Lipinski definition) is 5. The molecule has 0 atom stereocenters. The Bertz CT molecular complexity index is 834. The van der Waals surface area contributed by atoms with Crippen molar-refractivity contribution in [3.8, 4) is 10.6 Å². The van der Waals surface area contributed by atoms with E-state index in [1.54, 1.807) is 28.2 Å². The number of aromatic nitrogens is 2. The van der Waals surface area contributed by atoms with Crippen molar-refractivity contribution in [2.24, 2.45) is 0 Å². The molecule has 0 spiro atoms. The van der Waals surface area contributed by atoms with Crippen molar-refractivity contribution in [3.05, 3.63) is 46.7 Å². The summed E-state index contributed by atoms with van der Waals surface area (Å²) >= 11 is 1.57. The van der Waals surface area contributed by atoms with E-state index < -0.39 is 0 Å². The smallest absolute Gasteiger partial charge is 0.292 e. The largest absolute Gasteiger partial charge is 0.456 e. The predicted octanol–water partition coefficient (Wildman–Crippen LogP) is 3.32. The molecule has 24 heavy (non-hydrogen) atoms. The van der Waals surface area contributed by atoms with Gasteiger partial charge in [-0.1, -0.05) is 13.0 Å². The van der Waals surface area contributed by atoms with Gasteiger partial charge in [0.05, 0.1) is 18.0 Å². The van der Waals surface area contributed by atoms with E-state index in [2.05, 4.69) is 10.4 Å². The first-order valence-corrected chi connectivity index (χ1v) is 8.63. The fourth-order valence-corrected chi connectivity index (χ4v) is 3.17. The molecule has 2 N–H and O–H groups in total. The molecule has 3 aromatic rings. The third-order valence-corrected chi connectivity index (χ3v) is 4.56. The van der Waals surface area contributed by atoms with Gasteiger partial charge in [-0.15, -0.1) is 11.3 Å². The van der Waals surface area contributed by atoms with E-state index in [1.807, 2.05) is 31.4 Å². The Morgan fingerprint density at radius 3 is 2.92 bits per heavy atom. The number of thiophene rings is 1. The van der Waals surface area contributed by atoms with Gasteiger partial charge in [0, 0.05) is 12.5 Å². The molecule has 0 fully saturated rings. The third-order valence-electron chi connectivity index (χ3n) is 3.67. The lowest BCUT2D eigenvalue weighted by atomic mass is 10.2. The van der Waals surface area contributed by atoms with Gasteiger partial charge in [-0.25, -0.2) is 4.68 Å². The highest BCUT2D eigenvalue weighted by Crippen LogP contribution is 2.26. The van der Waals surface area contributed by atoms with E-state index in [1.165, 1.54) is 0 Å². The van der Waals surface area contributed by atoms with Crippen LogP contribution in [0.5, 0.6) is 0 Å². The molecule has 0 unspecified atom stereocenters. The Kier molecular flexibility index (Phi) is 4.82. The molecule has 0 aliphatic rings. The van der Waals surface area contributed by atoms with Crippen LogP contribution in [0.3, 0.4) is 0 Å². The fourth-order valence-electron chi connectivity index (χ4n) is 2.49. The number of hydrogen-bond donors (Lipinski definition) is 2. The van der Waals surface area contributed by atoms with Gasteiger partial charge in [-0.05, 0) is 30.0 Å². The maximum absolute atomic E-state index is 12.4. The molecule has 0 radical (unpaired) electrons. The lowest BCUT2D eigenvalue weighted by Crippen LogP contribution is -2.16. The van der Waals surface area contributed by atoms with E-state index in [-0.39, 0.29) is 18.3 Å². The second kappa shape index (κ2) is 7.02. The highest BCUT2D eigenvalue weighted by atomic mass is 32.1. The summed E-state index contributed by atoms with van der Waals surface area (Å²) in [5.41, 5.74) is 1.73. The Labute approximate surface area is 143 Å². The number of carbonyl (C=O) groups excluding carboxylic acids is 1. The molecule has 126 valence electrons. The molecule has 3 rings (SSSR count). The minimum atomic E-state index is -0.324. The molecule has 1 amide bonds. The number of nitrogens with one attached hydrogen (secondary N) is 1. The Hall–Kier alpha value is -2.38. The number of carbonyl (C=O) groups is 1. The number of amides is 1. The molecular weight excluding hydrogens is 326 g/mol. The number of anilines is 1. The van der Waals surface area contributed by atoms with Crippen molar-refractivity contribution in [1.29, 1.82) is 0 Å². The van der Waals surface area contributed by atoms with Gasteiger partial charge in [0.25, 0.3) is 5.91 Å². The van der Waals surface area contributed by atoms with E-state index in [0.717, 1.165) is 28.3 Å². The summed E-state index contributed by atoms with van der Waals surface area (Å²) in [5, 5.41) is 18.5. The van der Waals surface area contributed by atoms with Crippen molar-refractivity contribution >= 4 is 23.1 Å². The maximum Gasteiger partial charge on any atom is 0.292 e. The van der Waals surface area contributed by atoms with Gasteiger partial charge < -0.3 is 14.8 Å². The zero-order chi connectivity index (χ0) is 17.1. The van der Waals surface area contributed by atoms with Gasteiger partial charge in [0.15, 0.2) is 5.76 Å². The zero-order valence-corrected chi connectivity index (χ0v) is 14.4. The first-order valence-electron chi connectivity index (χ1n) is 7.75. The first kappa shape index (κ1) is 16.5. The number of furan rings is 1. The molecular formula is C17H19N3O3S. The summed E-state index contributed by atoms with van der Waals surface area (Å²) < 4.78 is 7.17. The van der Waals surface area contributed by atoms with Crippen LogP contribution < -0.4 is 5.32 Å². The van der Waals surface area contributed by atoms with Crippen LogP contribution in [-0.2, 0) is 13.0 Å². The van der Waals surface area contributed by atoms with E-state index >= 15 is 0 Å². The number of aryl methyl sites for hydroxylation is 2. The van der Waals surface area contributed by atoms with Crippen LogP contribution in [-0.4, -0.2) is 27.4 Å². The number of aliphatic hydroxyl groups is 1. The Morgan fingerprint density at radius 1 is 1.46 bits per heavy atom. The molecule has 7 heteroatoms. The SMILES string of the molecule is CCc1oc(C(=O)Nc2cc(-c3cccs3)nn2CCO)cc1C. The third kappa shape index (κ3) is 3.27. The zero-order valence-electron chi connectivity index (χ0n) is 13.6. The van der Waals surface area contributed by atoms with E-state index in [9.17, 15) is 9.90 Å². The molecule has 0 saturated heterocycles. The van der Waals surface area contributed by atoms with Crippen molar-refractivity contribution < 1.29 is 14.3 Å². The number of nitrogens with zero attached hydrogens (tertiary/aromatic N) is 2. The summed E-state index contributed by atoms with van der Waals surface area (Å²) in [7, 11) is 0. The summed E-state index contributed by atoms with van der Waals surface area (Å²) in [4.78, 5) is 13.4. The lowest BCUT2D eigenvalue weighted by molar-refractivity contribution is 0.0993. The minimum Gasteiger partial charge on any atom is -0.456 e. The highest BCUT2D eigenvalue weighted by molar-refractivity contribution is 7.13. The molecule has 0 saturated carbocycles. The molecule has 0 aromatic carbocycles. The summed E-state index contributed by atoms with van der Waals surface area (Å²) in [6.45, 7) is 4.15. The average molecular weight is 345 g/mol. The fraction of sp³-hybridized carbons (Fsp3) is 0.294. The van der Waals surface area contributed by atoms with E-state index in [0.29, 0.717) is 12.4 Å². The average Bonchev–Trinajstić information content (AvgIpc) is 3.27. The second-order valence-corrected chi connectivity index (χ2v) is 6.31. The summed E-state index contributed by atoms with van der Waals surface area (Å²) in [5.74, 6) is 1.29. The standard InChI is InChI=1S/C17H19N3O3S/c1-3-13-11(2)9-14(23-13)17(22)18-16-10-12(15-5-4-8-24-15)19-20(16)6-7-21/h4-5,8-10,21H,3,6-7H2,1-2H3,(H,18,22). The molecule has 3 aromatic heterocycles. The van der Waals surface area contributed by atoms with Gasteiger partial charge in [-0.2, -0.15) is 5.10 Å². The van der Waals surface area contributed by atoms with Crippen molar-refractivity contribution in [2.45, 2.75) is 26.8 Å². The van der Waals surface area contributed by atoms with Crippen LogP contribution in [0.1, 0.15) is 28.8 Å². The van der Waals surface area contributed by atoms with Crippen molar-refractivity contribution in [1.82, 2.24) is 9.78 Å². The predicted molar refractivity (Wildman–Crippen MR) is 93.4 cm³/mol. The molecule has 0 aliphatic heterocycles. The Balaban J connectivity index is 1.86. The van der Waals surface area contributed by atoms with Crippen LogP contribution in [0.2, 0.25) is 0 Å². The topological polar surface area (TPSA) is 80.3 Å².